The SMILES string of the molecule is COC(CC/C=C\CCCCCCBr)OC(CC/C=C\CCCCCCBr)OC. The number of halogens is 2. The quantitative estimate of drug-likeness (QED) is 0.0598. The molecule has 0 bridgehead atoms. The number of allylic oxidation sites excluding steroid dienone is 4. The zero-order valence-electron chi connectivity index (χ0n) is 18.8. The van der Waals surface area contributed by atoms with E-state index in [0.29, 0.717) is 0 Å². The third kappa shape index (κ3) is 21.3. The average Bonchev–Trinajstić information content (AvgIpc) is 2.74. The second-order valence-corrected chi connectivity index (χ2v) is 8.93. The lowest BCUT2D eigenvalue weighted by Gasteiger charge is -2.22. The van der Waals surface area contributed by atoms with Gasteiger partial charge in [-0.15, -0.1) is 0 Å². The molecule has 0 aromatic carbocycles. The summed E-state index contributed by atoms with van der Waals surface area (Å²) in [4.78, 5) is 0. The van der Waals surface area contributed by atoms with Crippen molar-refractivity contribution in [2.75, 3.05) is 24.9 Å². The maximum Gasteiger partial charge on any atom is 0.160 e. The Bertz CT molecular complexity index is 341. The topological polar surface area (TPSA) is 27.7 Å². The zero-order chi connectivity index (χ0) is 21.4. The molecule has 0 saturated heterocycles. The number of methoxy groups -OCH3 is 2. The highest BCUT2D eigenvalue weighted by Gasteiger charge is 2.14. The van der Waals surface area contributed by atoms with E-state index in [0.717, 1.165) is 36.3 Å². The van der Waals surface area contributed by atoms with E-state index in [1.807, 2.05) is 0 Å². The molecule has 0 aromatic heterocycles. The van der Waals surface area contributed by atoms with Gasteiger partial charge in [-0.05, 0) is 51.4 Å². The minimum Gasteiger partial charge on any atom is -0.356 e. The largest absolute Gasteiger partial charge is 0.356 e. The van der Waals surface area contributed by atoms with Crippen molar-refractivity contribution in [1.82, 2.24) is 0 Å². The van der Waals surface area contributed by atoms with Crippen molar-refractivity contribution >= 4 is 31.9 Å². The number of hydrogen-bond donors (Lipinski definition) is 0. The van der Waals surface area contributed by atoms with Gasteiger partial charge in [-0.3, -0.25) is 0 Å². The first kappa shape index (κ1) is 29.3. The number of rotatable bonds is 22. The molecule has 0 rings (SSSR count). The van der Waals surface area contributed by atoms with Gasteiger partial charge in [0.25, 0.3) is 0 Å². The molecule has 0 aliphatic heterocycles. The molecule has 172 valence electrons. The van der Waals surface area contributed by atoms with Crippen molar-refractivity contribution in [3.8, 4) is 0 Å². The van der Waals surface area contributed by atoms with Crippen LogP contribution in [0.15, 0.2) is 24.3 Å². The molecule has 0 spiro atoms. The fourth-order valence-electron chi connectivity index (χ4n) is 3.01. The molecule has 0 aliphatic rings. The third-order valence-corrected chi connectivity index (χ3v) is 5.93. The highest BCUT2D eigenvalue weighted by atomic mass is 79.9. The van der Waals surface area contributed by atoms with Crippen molar-refractivity contribution < 1.29 is 14.2 Å². The molecule has 0 aliphatic carbocycles. The van der Waals surface area contributed by atoms with Gasteiger partial charge in [0, 0.05) is 37.7 Å². The van der Waals surface area contributed by atoms with E-state index in [-0.39, 0.29) is 12.6 Å². The summed E-state index contributed by atoms with van der Waals surface area (Å²) in [6, 6.07) is 0. The van der Waals surface area contributed by atoms with Gasteiger partial charge in [0.15, 0.2) is 12.6 Å². The molecule has 0 radical (unpaired) electrons. The first-order valence-corrected chi connectivity index (χ1v) is 13.7. The van der Waals surface area contributed by atoms with Crippen molar-refractivity contribution in [1.29, 1.82) is 0 Å². The second-order valence-electron chi connectivity index (χ2n) is 7.35. The van der Waals surface area contributed by atoms with E-state index in [2.05, 4.69) is 56.2 Å². The minimum atomic E-state index is -0.207. The molecule has 29 heavy (non-hydrogen) atoms. The van der Waals surface area contributed by atoms with E-state index < -0.39 is 0 Å². The summed E-state index contributed by atoms with van der Waals surface area (Å²) < 4.78 is 16.9. The van der Waals surface area contributed by atoms with Crippen LogP contribution in [0.2, 0.25) is 0 Å². The first-order chi connectivity index (χ1) is 14.3. The van der Waals surface area contributed by atoms with Crippen LogP contribution < -0.4 is 0 Å². The normalized spacial score (nSPS) is 14.2. The molecule has 3 nitrogen and oxygen atoms in total. The van der Waals surface area contributed by atoms with Crippen LogP contribution in [0.1, 0.15) is 89.9 Å². The Morgan fingerprint density at radius 3 is 1.31 bits per heavy atom. The van der Waals surface area contributed by atoms with Crippen LogP contribution in [0.4, 0.5) is 0 Å². The molecule has 0 heterocycles. The maximum atomic E-state index is 5.97. The second kappa shape index (κ2) is 24.6. The van der Waals surface area contributed by atoms with E-state index >= 15 is 0 Å². The fourth-order valence-corrected chi connectivity index (χ4v) is 3.80. The van der Waals surface area contributed by atoms with Crippen LogP contribution in [-0.2, 0) is 14.2 Å². The molecule has 0 saturated carbocycles. The molecule has 2 unspecified atom stereocenters. The Hall–Kier alpha value is 0.320. The van der Waals surface area contributed by atoms with Crippen molar-refractivity contribution in [3.63, 3.8) is 0 Å². The van der Waals surface area contributed by atoms with Crippen LogP contribution in [0.3, 0.4) is 0 Å². The van der Waals surface area contributed by atoms with Crippen LogP contribution in [0.25, 0.3) is 0 Å². The molecule has 5 heteroatoms. The summed E-state index contributed by atoms with van der Waals surface area (Å²) in [7, 11) is 3.42. The molecular weight excluding hydrogens is 496 g/mol. The van der Waals surface area contributed by atoms with Gasteiger partial charge in [-0.1, -0.05) is 81.8 Å². The van der Waals surface area contributed by atoms with E-state index in [1.54, 1.807) is 14.2 Å². The number of hydrogen-bond acceptors (Lipinski definition) is 3. The summed E-state index contributed by atoms with van der Waals surface area (Å²) in [5.41, 5.74) is 0. The lowest BCUT2D eigenvalue weighted by atomic mass is 10.1. The maximum absolute atomic E-state index is 5.97. The third-order valence-electron chi connectivity index (χ3n) is 4.81. The summed E-state index contributed by atoms with van der Waals surface area (Å²) >= 11 is 6.95. The Balaban J connectivity index is 3.81. The van der Waals surface area contributed by atoms with Gasteiger partial charge >= 0.3 is 0 Å². The summed E-state index contributed by atoms with van der Waals surface area (Å²) in [5, 5.41) is 2.25. The summed E-state index contributed by atoms with van der Waals surface area (Å²) in [5.74, 6) is 0. The molecule has 0 fully saturated rings. The zero-order valence-corrected chi connectivity index (χ0v) is 21.9. The number of unbranched alkanes of at least 4 members (excludes halogenated alkanes) is 8. The van der Waals surface area contributed by atoms with Gasteiger partial charge in [0.1, 0.15) is 0 Å². The van der Waals surface area contributed by atoms with E-state index in [4.69, 9.17) is 14.2 Å². The van der Waals surface area contributed by atoms with Crippen molar-refractivity contribution in [2.45, 2.75) is 102 Å². The summed E-state index contributed by atoms with van der Waals surface area (Å²) in [6.45, 7) is 0. The Morgan fingerprint density at radius 1 is 0.552 bits per heavy atom. The number of ether oxygens (including phenoxy) is 3. The standard InChI is InChI=1S/C24H44Br2O3/c1-27-23(19-15-11-7-3-5-9-13-17-21-25)29-24(28-2)20-16-12-8-4-6-10-14-18-22-26/h7-8,11-12,23-24H,3-6,9-10,13-22H2,1-2H3/b11-7-,12-8-. The van der Waals surface area contributed by atoms with Crippen LogP contribution in [0.5, 0.6) is 0 Å². The lowest BCUT2D eigenvalue weighted by molar-refractivity contribution is -0.232. The first-order valence-electron chi connectivity index (χ1n) is 11.4. The predicted molar refractivity (Wildman–Crippen MR) is 133 cm³/mol. The Labute approximate surface area is 197 Å². The highest BCUT2D eigenvalue weighted by Crippen LogP contribution is 2.13. The predicted octanol–water partition coefficient (Wildman–Crippen LogP) is 8.31. The molecule has 2 atom stereocenters. The molecule has 0 aromatic rings. The van der Waals surface area contributed by atoms with Gasteiger partial charge in [-0.25, -0.2) is 0 Å². The average molecular weight is 540 g/mol. The highest BCUT2D eigenvalue weighted by molar-refractivity contribution is 9.09. The smallest absolute Gasteiger partial charge is 0.160 e. The summed E-state index contributed by atoms with van der Waals surface area (Å²) in [6.07, 6.45) is 25.1. The van der Waals surface area contributed by atoms with Gasteiger partial charge in [-0.2, -0.15) is 0 Å². The lowest BCUT2D eigenvalue weighted by Crippen LogP contribution is -2.25. The van der Waals surface area contributed by atoms with E-state index in [9.17, 15) is 0 Å². The van der Waals surface area contributed by atoms with E-state index in [1.165, 1.54) is 64.2 Å². The Kier molecular flexibility index (Phi) is 24.9. The minimum absolute atomic E-state index is 0.207. The van der Waals surface area contributed by atoms with Gasteiger partial charge < -0.3 is 14.2 Å². The van der Waals surface area contributed by atoms with Gasteiger partial charge in [0.05, 0.1) is 0 Å². The van der Waals surface area contributed by atoms with Crippen LogP contribution >= 0.6 is 31.9 Å². The molecule has 0 amide bonds. The monoisotopic (exact) mass is 538 g/mol. The molecular formula is C24H44Br2O3. The van der Waals surface area contributed by atoms with Crippen LogP contribution in [-0.4, -0.2) is 37.5 Å². The number of alkyl halides is 2. The van der Waals surface area contributed by atoms with Crippen LogP contribution in [0, 0.1) is 0 Å². The molecule has 0 N–H and O–H groups in total. The fraction of sp³-hybridized carbons (Fsp3) is 0.833. The van der Waals surface area contributed by atoms with Gasteiger partial charge in [0.2, 0.25) is 0 Å². The van der Waals surface area contributed by atoms with Crippen molar-refractivity contribution in [2.24, 2.45) is 0 Å². The Morgan fingerprint density at radius 2 is 0.931 bits per heavy atom. The van der Waals surface area contributed by atoms with Crippen molar-refractivity contribution in [3.05, 3.63) is 24.3 Å².